The standard InChI is InChI=1S/C22H20F3N3O/c1-14-11-26-21(27-14)20(29)18-13-28(19-6-4-2-3-5-17(18)19)12-15-7-9-16(10-8-15)22(23,24)25/h3-10,13-14H,2,11-12H2,1H3,(H,26,27). The number of fused-ring (bicyclic) bond motifs is 1. The van der Waals surface area contributed by atoms with E-state index in [1.54, 1.807) is 6.20 Å². The van der Waals surface area contributed by atoms with Crippen LogP contribution in [-0.2, 0) is 12.7 Å². The van der Waals surface area contributed by atoms with Gasteiger partial charge in [0.25, 0.3) is 0 Å². The van der Waals surface area contributed by atoms with E-state index in [9.17, 15) is 18.0 Å². The molecule has 0 saturated heterocycles. The summed E-state index contributed by atoms with van der Waals surface area (Å²) >= 11 is 0. The fourth-order valence-electron chi connectivity index (χ4n) is 3.52. The number of alkyl halides is 3. The third-order valence-corrected chi connectivity index (χ3v) is 4.99. The van der Waals surface area contributed by atoms with E-state index < -0.39 is 11.7 Å². The number of aromatic nitrogens is 1. The number of Topliss-reactive ketones (excluding diaryl/α,β-unsaturated/α-hetero) is 1. The van der Waals surface area contributed by atoms with E-state index in [0.29, 0.717) is 24.5 Å². The number of aliphatic imine (C=N–C) groups is 1. The van der Waals surface area contributed by atoms with Crippen LogP contribution in [0.15, 0.2) is 47.6 Å². The first-order valence-corrected chi connectivity index (χ1v) is 9.41. The molecule has 0 bridgehead atoms. The van der Waals surface area contributed by atoms with E-state index in [-0.39, 0.29) is 11.8 Å². The van der Waals surface area contributed by atoms with Crippen LogP contribution in [0, 0.1) is 0 Å². The van der Waals surface area contributed by atoms with Crippen molar-refractivity contribution in [2.75, 3.05) is 6.54 Å². The lowest BCUT2D eigenvalue weighted by molar-refractivity contribution is -0.137. The highest BCUT2D eigenvalue weighted by molar-refractivity contribution is 6.46. The number of carbonyl (C=O) groups excluding carboxylic acids is 1. The molecular weight excluding hydrogens is 379 g/mol. The average molecular weight is 399 g/mol. The summed E-state index contributed by atoms with van der Waals surface area (Å²) in [5.41, 5.74) is 2.25. The van der Waals surface area contributed by atoms with Crippen molar-refractivity contribution in [3.8, 4) is 0 Å². The fraction of sp³-hybridized carbons (Fsp3) is 0.273. The molecule has 1 aromatic heterocycles. The normalized spacial score (nSPS) is 18.2. The Morgan fingerprint density at radius 2 is 1.93 bits per heavy atom. The fourth-order valence-corrected chi connectivity index (χ4v) is 3.52. The Morgan fingerprint density at radius 1 is 1.21 bits per heavy atom. The van der Waals surface area contributed by atoms with Gasteiger partial charge in [-0.05, 0) is 37.1 Å². The summed E-state index contributed by atoms with van der Waals surface area (Å²) < 4.78 is 40.3. The summed E-state index contributed by atoms with van der Waals surface area (Å²) in [6.07, 6.45) is 5.99. The molecule has 2 aromatic rings. The average Bonchev–Trinajstić information content (AvgIpc) is 3.16. The highest BCUT2D eigenvalue weighted by Crippen LogP contribution is 2.30. The summed E-state index contributed by atoms with van der Waals surface area (Å²) in [7, 11) is 0. The van der Waals surface area contributed by atoms with Gasteiger partial charge in [-0.3, -0.25) is 9.79 Å². The van der Waals surface area contributed by atoms with Crippen LogP contribution >= 0.6 is 0 Å². The second-order valence-electron chi connectivity index (χ2n) is 7.27. The summed E-state index contributed by atoms with van der Waals surface area (Å²) in [6.45, 7) is 2.89. The van der Waals surface area contributed by atoms with Gasteiger partial charge in [-0.25, -0.2) is 0 Å². The maximum absolute atomic E-state index is 13.0. The van der Waals surface area contributed by atoms with Gasteiger partial charge in [0.05, 0.1) is 17.7 Å². The molecule has 1 atom stereocenters. The van der Waals surface area contributed by atoms with Crippen molar-refractivity contribution in [2.45, 2.75) is 32.1 Å². The van der Waals surface area contributed by atoms with Crippen LogP contribution in [-0.4, -0.2) is 28.8 Å². The Balaban J connectivity index is 1.68. The highest BCUT2D eigenvalue weighted by Gasteiger charge is 2.30. The minimum atomic E-state index is -4.36. The van der Waals surface area contributed by atoms with Gasteiger partial charge in [0.1, 0.15) is 0 Å². The number of hydrogen-bond donors (Lipinski definition) is 1. The monoisotopic (exact) mass is 399 g/mol. The predicted molar refractivity (Wildman–Crippen MR) is 107 cm³/mol. The number of nitrogens with zero attached hydrogens (tertiary/aromatic N) is 2. The van der Waals surface area contributed by atoms with Crippen LogP contribution in [0.1, 0.15) is 46.1 Å². The van der Waals surface area contributed by atoms with Crippen molar-refractivity contribution < 1.29 is 18.0 Å². The predicted octanol–water partition coefficient (Wildman–Crippen LogP) is 4.56. The molecule has 1 aliphatic heterocycles. The van der Waals surface area contributed by atoms with E-state index in [2.05, 4.69) is 10.3 Å². The largest absolute Gasteiger partial charge is 0.416 e. The van der Waals surface area contributed by atoms with Gasteiger partial charge >= 0.3 is 6.18 Å². The first-order chi connectivity index (χ1) is 13.8. The number of carbonyl (C=O) groups is 1. The minimum absolute atomic E-state index is 0.122. The molecule has 0 spiro atoms. The molecule has 0 radical (unpaired) electrons. The molecule has 0 fully saturated rings. The summed E-state index contributed by atoms with van der Waals surface area (Å²) in [5.74, 6) is 0.185. The van der Waals surface area contributed by atoms with Gasteiger partial charge in [-0.15, -0.1) is 0 Å². The second-order valence-corrected chi connectivity index (χ2v) is 7.27. The molecule has 2 heterocycles. The molecule has 7 heteroatoms. The Labute approximate surface area is 166 Å². The van der Waals surface area contributed by atoms with Crippen LogP contribution < -0.4 is 5.32 Å². The van der Waals surface area contributed by atoms with Crippen LogP contribution in [0.5, 0.6) is 0 Å². The summed E-state index contributed by atoms with van der Waals surface area (Å²) in [4.78, 5) is 17.3. The summed E-state index contributed by atoms with van der Waals surface area (Å²) in [5, 5.41) is 3.10. The molecule has 4 rings (SSSR count). The van der Waals surface area contributed by atoms with Gasteiger partial charge in [-0.2, -0.15) is 13.2 Å². The molecule has 150 valence electrons. The topological polar surface area (TPSA) is 46.4 Å². The first kappa shape index (κ1) is 19.2. The smallest absolute Gasteiger partial charge is 0.363 e. The number of allylic oxidation sites excluding steroid dienone is 2. The van der Waals surface area contributed by atoms with E-state index >= 15 is 0 Å². The Morgan fingerprint density at radius 3 is 2.59 bits per heavy atom. The number of ketones is 1. The quantitative estimate of drug-likeness (QED) is 0.767. The highest BCUT2D eigenvalue weighted by atomic mass is 19.4. The first-order valence-electron chi connectivity index (χ1n) is 9.41. The molecule has 1 N–H and O–H groups in total. The van der Waals surface area contributed by atoms with Crippen molar-refractivity contribution >= 4 is 23.8 Å². The molecule has 1 aliphatic carbocycles. The number of hydrogen-bond acceptors (Lipinski definition) is 3. The zero-order valence-electron chi connectivity index (χ0n) is 15.8. The maximum atomic E-state index is 13.0. The van der Waals surface area contributed by atoms with E-state index in [0.717, 1.165) is 35.4 Å². The molecule has 0 saturated carbocycles. The van der Waals surface area contributed by atoms with Crippen molar-refractivity contribution in [2.24, 2.45) is 4.99 Å². The lowest BCUT2D eigenvalue weighted by Gasteiger charge is -2.10. The molecule has 0 amide bonds. The zero-order chi connectivity index (χ0) is 20.6. The molecule has 29 heavy (non-hydrogen) atoms. The van der Waals surface area contributed by atoms with Gasteiger partial charge in [-0.1, -0.05) is 30.4 Å². The van der Waals surface area contributed by atoms with E-state index in [1.807, 2.05) is 35.8 Å². The SMILES string of the molecule is CC1CN=C(C(=O)c2cn(Cc3ccc(C(F)(F)F)cc3)c3c2C=CCC=C3)N1. The van der Waals surface area contributed by atoms with Crippen LogP contribution in [0.25, 0.3) is 12.2 Å². The van der Waals surface area contributed by atoms with Crippen molar-refractivity contribution in [3.05, 3.63) is 70.6 Å². The van der Waals surface area contributed by atoms with Crippen LogP contribution in [0.4, 0.5) is 13.2 Å². The number of halogens is 3. The van der Waals surface area contributed by atoms with Crippen molar-refractivity contribution in [1.29, 1.82) is 0 Å². The van der Waals surface area contributed by atoms with Crippen LogP contribution in [0.2, 0.25) is 0 Å². The third-order valence-electron chi connectivity index (χ3n) is 4.99. The molecule has 1 unspecified atom stereocenters. The van der Waals surface area contributed by atoms with Gasteiger partial charge in [0.2, 0.25) is 5.78 Å². The van der Waals surface area contributed by atoms with Gasteiger partial charge < -0.3 is 9.88 Å². The minimum Gasteiger partial charge on any atom is -0.363 e. The molecule has 1 aromatic carbocycles. The summed E-state index contributed by atoms with van der Waals surface area (Å²) in [6, 6.07) is 5.22. The third kappa shape index (κ3) is 3.90. The van der Waals surface area contributed by atoms with Crippen molar-refractivity contribution in [1.82, 2.24) is 9.88 Å². The number of rotatable bonds is 4. The van der Waals surface area contributed by atoms with Crippen LogP contribution in [0.3, 0.4) is 0 Å². The second kappa shape index (κ2) is 7.39. The van der Waals surface area contributed by atoms with Crippen molar-refractivity contribution in [3.63, 3.8) is 0 Å². The maximum Gasteiger partial charge on any atom is 0.416 e. The number of amidine groups is 1. The zero-order valence-corrected chi connectivity index (χ0v) is 15.8. The van der Waals surface area contributed by atoms with Gasteiger partial charge in [0.15, 0.2) is 5.84 Å². The lowest BCUT2D eigenvalue weighted by Crippen LogP contribution is -2.32. The molecule has 2 aliphatic rings. The molecule has 4 nitrogen and oxygen atoms in total. The van der Waals surface area contributed by atoms with E-state index in [1.165, 1.54) is 12.1 Å². The van der Waals surface area contributed by atoms with E-state index in [4.69, 9.17) is 0 Å². The lowest BCUT2D eigenvalue weighted by atomic mass is 10.1. The number of benzene rings is 1. The molecular formula is C22H20F3N3O. The van der Waals surface area contributed by atoms with Gasteiger partial charge in [0, 0.05) is 30.0 Å². The Hall–Kier alpha value is -3.09. The number of nitrogens with one attached hydrogen (secondary N) is 1. The Kier molecular flexibility index (Phi) is 4.90. The Bertz CT molecular complexity index is 1030.